The van der Waals surface area contributed by atoms with Crippen molar-refractivity contribution in [3.8, 4) is 11.5 Å². The zero-order chi connectivity index (χ0) is 21.8. The Kier molecular flexibility index (Phi) is 6.77. The molecule has 0 saturated carbocycles. The molecular formula is C22H24BrN3O4. The molecule has 1 heterocycles. The van der Waals surface area contributed by atoms with Crippen molar-refractivity contribution in [2.45, 2.75) is 26.8 Å². The van der Waals surface area contributed by atoms with Crippen LogP contribution in [-0.2, 0) is 13.0 Å². The first-order valence-electron chi connectivity index (χ1n) is 9.59. The van der Waals surface area contributed by atoms with Crippen molar-refractivity contribution in [3.05, 3.63) is 62.0 Å². The van der Waals surface area contributed by atoms with Crippen LogP contribution in [0.3, 0.4) is 0 Å². The predicted molar refractivity (Wildman–Crippen MR) is 120 cm³/mol. The molecule has 0 radical (unpaired) electrons. The van der Waals surface area contributed by atoms with Crippen LogP contribution < -0.4 is 20.3 Å². The molecule has 7 nitrogen and oxygen atoms in total. The third-order valence-electron chi connectivity index (χ3n) is 4.92. The summed E-state index contributed by atoms with van der Waals surface area (Å²) in [7, 11) is 3.18. The molecule has 3 aromatic rings. The SMILES string of the molecule is CCn1c(=O)c(C)nc2cc(C(=O)NCCc3cc(OC)c(OC)cc3Br)ccc21. The number of rotatable bonds is 7. The number of carbonyl (C=O) groups excluding carboxylic acids is 1. The van der Waals surface area contributed by atoms with Crippen LogP contribution >= 0.6 is 15.9 Å². The van der Waals surface area contributed by atoms with E-state index in [0.717, 1.165) is 15.6 Å². The van der Waals surface area contributed by atoms with Crippen molar-refractivity contribution < 1.29 is 14.3 Å². The molecule has 1 N–H and O–H groups in total. The Bertz CT molecular complexity index is 1160. The molecule has 0 aliphatic rings. The van der Waals surface area contributed by atoms with Gasteiger partial charge in [-0.1, -0.05) is 15.9 Å². The molecule has 1 aromatic heterocycles. The number of carbonyl (C=O) groups is 1. The minimum Gasteiger partial charge on any atom is -0.493 e. The number of halogens is 1. The second-order valence-electron chi connectivity index (χ2n) is 6.75. The summed E-state index contributed by atoms with van der Waals surface area (Å²) in [5, 5.41) is 2.93. The van der Waals surface area contributed by atoms with Gasteiger partial charge in [0.25, 0.3) is 11.5 Å². The number of benzene rings is 2. The zero-order valence-corrected chi connectivity index (χ0v) is 19.0. The van der Waals surface area contributed by atoms with Gasteiger partial charge < -0.3 is 19.4 Å². The summed E-state index contributed by atoms with van der Waals surface area (Å²) in [5.41, 5.74) is 3.16. The van der Waals surface area contributed by atoms with Crippen molar-refractivity contribution in [2.24, 2.45) is 0 Å². The monoisotopic (exact) mass is 473 g/mol. The maximum atomic E-state index is 12.6. The number of hydrogen-bond donors (Lipinski definition) is 1. The third-order valence-corrected chi connectivity index (χ3v) is 5.66. The van der Waals surface area contributed by atoms with Crippen LogP contribution in [-0.4, -0.2) is 36.2 Å². The van der Waals surface area contributed by atoms with Crippen LogP contribution in [0.2, 0.25) is 0 Å². The third kappa shape index (κ3) is 4.33. The summed E-state index contributed by atoms with van der Waals surface area (Å²) in [6.07, 6.45) is 0.618. The number of amides is 1. The van der Waals surface area contributed by atoms with E-state index in [1.54, 1.807) is 43.9 Å². The first kappa shape index (κ1) is 21.8. The fraction of sp³-hybridized carbons (Fsp3) is 0.318. The van der Waals surface area contributed by atoms with Gasteiger partial charge in [-0.3, -0.25) is 9.59 Å². The molecule has 3 rings (SSSR count). The molecule has 0 atom stereocenters. The molecule has 2 aromatic carbocycles. The molecule has 0 bridgehead atoms. The lowest BCUT2D eigenvalue weighted by molar-refractivity contribution is 0.0954. The molecule has 0 unspecified atom stereocenters. The molecule has 0 aliphatic heterocycles. The number of methoxy groups -OCH3 is 2. The number of aryl methyl sites for hydroxylation is 2. The number of fused-ring (bicyclic) bond motifs is 1. The fourth-order valence-corrected chi connectivity index (χ4v) is 3.85. The lowest BCUT2D eigenvalue weighted by Crippen LogP contribution is -2.26. The molecule has 0 fully saturated rings. The maximum Gasteiger partial charge on any atom is 0.272 e. The van der Waals surface area contributed by atoms with E-state index in [1.807, 2.05) is 19.1 Å². The number of nitrogens with zero attached hydrogens (tertiary/aromatic N) is 2. The summed E-state index contributed by atoms with van der Waals surface area (Å²) in [5.74, 6) is 1.09. The summed E-state index contributed by atoms with van der Waals surface area (Å²) < 4.78 is 13.2. The Morgan fingerprint density at radius 3 is 2.53 bits per heavy atom. The number of hydrogen-bond acceptors (Lipinski definition) is 5. The molecule has 1 amide bonds. The molecule has 8 heteroatoms. The van der Waals surface area contributed by atoms with Crippen molar-refractivity contribution in [1.29, 1.82) is 0 Å². The number of ether oxygens (including phenoxy) is 2. The molecule has 30 heavy (non-hydrogen) atoms. The Balaban J connectivity index is 1.75. The molecule has 0 saturated heterocycles. The smallest absolute Gasteiger partial charge is 0.272 e. The van der Waals surface area contributed by atoms with E-state index in [9.17, 15) is 9.59 Å². The average Bonchev–Trinajstić information content (AvgIpc) is 2.75. The van der Waals surface area contributed by atoms with Gasteiger partial charge in [0, 0.05) is 23.1 Å². The van der Waals surface area contributed by atoms with Crippen LogP contribution in [0, 0.1) is 6.92 Å². The first-order valence-corrected chi connectivity index (χ1v) is 10.4. The summed E-state index contributed by atoms with van der Waals surface area (Å²) in [4.78, 5) is 29.2. The van der Waals surface area contributed by atoms with Crippen molar-refractivity contribution in [1.82, 2.24) is 14.9 Å². The largest absolute Gasteiger partial charge is 0.493 e. The zero-order valence-electron chi connectivity index (χ0n) is 17.4. The van der Waals surface area contributed by atoms with Crippen LogP contribution in [0.15, 0.2) is 39.6 Å². The van der Waals surface area contributed by atoms with E-state index in [0.29, 0.717) is 47.8 Å². The molecule has 158 valence electrons. The summed E-state index contributed by atoms with van der Waals surface area (Å²) in [6, 6.07) is 8.94. The van der Waals surface area contributed by atoms with Crippen molar-refractivity contribution in [3.63, 3.8) is 0 Å². The Morgan fingerprint density at radius 2 is 1.87 bits per heavy atom. The van der Waals surface area contributed by atoms with Gasteiger partial charge in [-0.05, 0) is 56.2 Å². The van der Waals surface area contributed by atoms with Crippen LogP contribution in [0.1, 0.15) is 28.5 Å². The van der Waals surface area contributed by atoms with Gasteiger partial charge in [-0.2, -0.15) is 0 Å². The van der Waals surface area contributed by atoms with Gasteiger partial charge in [-0.15, -0.1) is 0 Å². The second kappa shape index (κ2) is 9.30. The van der Waals surface area contributed by atoms with Crippen molar-refractivity contribution >= 4 is 32.9 Å². The van der Waals surface area contributed by atoms with Crippen LogP contribution in [0.25, 0.3) is 11.0 Å². The van der Waals surface area contributed by atoms with Gasteiger partial charge in [0.15, 0.2) is 11.5 Å². The van der Waals surface area contributed by atoms with Gasteiger partial charge in [0.1, 0.15) is 5.69 Å². The van der Waals surface area contributed by atoms with Gasteiger partial charge in [0.05, 0.1) is 25.3 Å². The molecule has 0 aliphatic carbocycles. The normalized spacial score (nSPS) is 10.8. The van der Waals surface area contributed by atoms with E-state index < -0.39 is 0 Å². The summed E-state index contributed by atoms with van der Waals surface area (Å²) in [6.45, 7) is 4.59. The minimum absolute atomic E-state index is 0.109. The topological polar surface area (TPSA) is 82.5 Å². The lowest BCUT2D eigenvalue weighted by Gasteiger charge is -2.13. The van der Waals surface area contributed by atoms with Crippen molar-refractivity contribution in [2.75, 3.05) is 20.8 Å². The fourth-order valence-electron chi connectivity index (χ4n) is 3.33. The van der Waals surface area contributed by atoms with E-state index in [4.69, 9.17) is 9.47 Å². The average molecular weight is 474 g/mol. The minimum atomic E-state index is -0.192. The molecule has 0 spiro atoms. The first-order chi connectivity index (χ1) is 14.4. The Labute approximate surface area is 183 Å². The van der Waals surface area contributed by atoms with Crippen LogP contribution in [0.4, 0.5) is 0 Å². The molecular weight excluding hydrogens is 450 g/mol. The predicted octanol–water partition coefficient (Wildman–Crippen LogP) is 3.48. The highest BCUT2D eigenvalue weighted by Crippen LogP contribution is 2.33. The van der Waals surface area contributed by atoms with E-state index >= 15 is 0 Å². The van der Waals surface area contributed by atoms with E-state index in [2.05, 4.69) is 26.2 Å². The number of aromatic nitrogens is 2. The highest BCUT2D eigenvalue weighted by molar-refractivity contribution is 9.10. The standard InChI is InChI=1S/C22H24BrN3O4/c1-5-26-18-7-6-15(10-17(18)25-13(2)22(26)28)21(27)24-9-8-14-11-19(29-3)20(30-4)12-16(14)23/h6-7,10-12H,5,8-9H2,1-4H3,(H,24,27). The highest BCUT2D eigenvalue weighted by Gasteiger charge is 2.13. The Morgan fingerprint density at radius 1 is 1.17 bits per heavy atom. The van der Waals surface area contributed by atoms with Gasteiger partial charge >= 0.3 is 0 Å². The summed E-state index contributed by atoms with van der Waals surface area (Å²) >= 11 is 3.53. The highest BCUT2D eigenvalue weighted by atomic mass is 79.9. The second-order valence-corrected chi connectivity index (χ2v) is 7.61. The Hall–Kier alpha value is -2.87. The van der Waals surface area contributed by atoms with E-state index in [-0.39, 0.29) is 11.5 Å². The van der Waals surface area contributed by atoms with E-state index in [1.165, 1.54) is 0 Å². The maximum absolute atomic E-state index is 12.6. The van der Waals surface area contributed by atoms with Crippen LogP contribution in [0.5, 0.6) is 11.5 Å². The lowest BCUT2D eigenvalue weighted by atomic mass is 10.1. The number of nitrogens with one attached hydrogen (secondary N) is 1. The quantitative estimate of drug-likeness (QED) is 0.567. The van der Waals surface area contributed by atoms with Gasteiger partial charge in [0.2, 0.25) is 0 Å². The van der Waals surface area contributed by atoms with Gasteiger partial charge in [-0.25, -0.2) is 4.98 Å².